The molecule has 0 radical (unpaired) electrons. The number of aromatic nitrogens is 3. The second-order valence-corrected chi connectivity index (χ2v) is 4.37. The third-order valence-corrected chi connectivity index (χ3v) is 2.70. The van der Waals surface area contributed by atoms with Gasteiger partial charge in [-0.1, -0.05) is 17.3 Å². The number of carbonyl (C=O) groups is 2. The van der Waals surface area contributed by atoms with E-state index in [1.807, 2.05) is 0 Å². The van der Waals surface area contributed by atoms with Crippen molar-refractivity contribution in [1.29, 1.82) is 0 Å². The first-order valence-electron chi connectivity index (χ1n) is 6.22. The molecule has 1 aromatic carbocycles. The van der Waals surface area contributed by atoms with Gasteiger partial charge in [0.15, 0.2) is 5.69 Å². The molecular formula is C13H14N4O4. The number of amides is 1. The van der Waals surface area contributed by atoms with E-state index in [1.165, 1.54) is 23.0 Å². The first-order chi connectivity index (χ1) is 10.0. The zero-order chi connectivity index (χ0) is 15.2. The summed E-state index contributed by atoms with van der Waals surface area (Å²) in [6, 6.07) is 6.47. The summed E-state index contributed by atoms with van der Waals surface area (Å²) < 4.78 is 1.35. The smallest absolute Gasteiger partial charge is 0.358 e. The van der Waals surface area contributed by atoms with Crippen molar-refractivity contribution >= 4 is 11.9 Å². The summed E-state index contributed by atoms with van der Waals surface area (Å²) in [7, 11) is 0. The Morgan fingerprint density at radius 2 is 2.14 bits per heavy atom. The molecular weight excluding hydrogens is 276 g/mol. The molecule has 21 heavy (non-hydrogen) atoms. The average molecular weight is 290 g/mol. The number of aromatic hydroxyl groups is 1. The van der Waals surface area contributed by atoms with Crippen molar-refractivity contribution in [2.75, 3.05) is 6.54 Å². The minimum Gasteiger partial charge on any atom is -0.508 e. The summed E-state index contributed by atoms with van der Waals surface area (Å²) in [5.41, 5.74) is 0.572. The van der Waals surface area contributed by atoms with E-state index in [-0.39, 0.29) is 23.8 Å². The number of nitrogens with one attached hydrogen (secondary N) is 1. The number of aromatic carboxylic acids is 1. The van der Waals surface area contributed by atoms with Crippen LogP contribution < -0.4 is 5.32 Å². The molecule has 0 unspecified atom stereocenters. The van der Waals surface area contributed by atoms with Crippen molar-refractivity contribution in [3.8, 4) is 5.75 Å². The van der Waals surface area contributed by atoms with Crippen LogP contribution in [0, 0.1) is 0 Å². The monoisotopic (exact) mass is 290 g/mol. The van der Waals surface area contributed by atoms with E-state index in [1.54, 1.807) is 12.1 Å². The van der Waals surface area contributed by atoms with Gasteiger partial charge in [-0.15, -0.1) is 5.10 Å². The van der Waals surface area contributed by atoms with Gasteiger partial charge >= 0.3 is 5.97 Å². The van der Waals surface area contributed by atoms with Crippen LogP contribution in [0.5, 0.6) is 5.75 Å². The Bertz CT molecular complexity index is 653. The maximum absolute atomic E-state index is 11.7. The van der Waals surface area contributed by atoms with Crippen LogP contribution in [0.3, 0.4) is 0 Å². The van der Waals surface area contributed by atoms with Crippen molar-refractivity contribution in [3.05, 3.63) is 41.7 Å². The van der Waals surface area contributed by atoms with E-state index in [0.717, 1.165) is 0 Å². The quantitative estimate of drug-likeness (QED) is 0.691. The SMILES string of the molecule is O=C(Cc1cccc(O)c1)NCCn1cc(C(=O)O)nn1. The van der Waals surface area contributed by atoms with Crippen LogP contribution in [0.4, 0.5) is 0 Å². The van der Waals surface area contributed by atoms with Gasteiger partial charge in [0.2, 0.25) is 5.91 Å². The van der Waals surface area contributed by atoms with E-state index in [4.69, 9.17) is 5.11 Å². The first-order valence-corrected chi connectivity index (χ1v) is 6.22. The number of hydrogen-bond acceptors (Lipinski definition) is 5. The molecule has 0 aliphatic rings. The van der Waals surface area contributed by atoms with E-state index in [2.05, 4.69) is 15.6 Å². The number of carbonyl (C=O) groups excluding carboxylic acids is 1. The van der Waals surface area contributed by atoms with Crippen LogP contribution >= 0.6 is 0 Å². The second-order valence-electron chi connectivity index (χ2n) is 4.37. The van der Waals surface area contributed by atoms with Gasteiger partial charge in [0.25, 0.3) is 0 Å². The summed E-state index contributed by atoms with van der Waals surface area (Å²) in [5.74, 6) is -1.22. The number of hydrogen-bond donors (Lipinski definition) is 3. The number of phenolic OH excluding ortho intramolecular Hbond substituents is 1. The van der Waals surface area contributed by atoms with Crippen molar-refractivity contribution in [2.45, 2.75) is 13.0 Å². The number of carboxylic acid groups (broad SMARTS) is 1. The maximum Gasteiger partial charge on any atom is 0.358 e. The lowest BCUT2D eigenvalue weighted by atomic mass is 10.1. The molecule has 3 N–H and O–H groups in total. The fraction of sp³-hybridized carbons (Fsp3) is 0.231. The number of nitrogens with zero attached hydrogens (tertiary/aromatic N) is 3. The fourth-order valence-electron chi connectivity index (χ4n) is 1.73. The molecule has 1 heterocycles. The largest absolute Gasteiger partial charge is 0.508 e. The molecule has 2 aromatic rings. The summed E-state index contributed by atoms with van der Waals surface area (Å²) in [6.45, 7) is 0.631. The Labute approximate surface area is 120 Å². The third kappa shape index (κ3) is 4.30. The molecule has 0 bridgehead atoms. The number of benzene rings is 1. The molecule has 0 aliphatic heterocycles. The van der Waals surface area contributed by atoms with Gasteiger partial charge in [-0.25, -0.2) is 9.48 Å². The molecule has 0 aliphatic carbocycles. The first kappa shape index (κ1) is 14.5. The van der Waals surface area contributed by atoms with Gasteiger partial charge in [0.05, 0.1) is 19.2 Å². The standard InChI is InChI=1S/C13H14N4O4/c18-10-3-1-2-9(6-10)7-12(19)14-4-5-17-8-11(13(20)21)15-16-17/h1-3,6,8,18H,4-5,7H2,(H,14,19)(H,20,21). The zero-order valence-electron chi connectivity index (χ0n) is 11.1. The molecule has 8 heteroatoms. The van der Waals surface area contributed by atoms with E-state index < -0.39 is 5.97 Å². The normalized spacial score (nSPS) is 10.3. The summed E-state index contributed by atoms with van der Waals surface area (Å²) in [5, 5.41) is 27.8. The molecule has 110 valence electrons. The Balaban J connectivity index is 1.77. The van der Waals surface area contributed by atoms with Crippen LogP contribution in [0.2, 0.25) is 0 Å². The van der Waals surface area contributed by atoms with Crippen LogP contribution in [0.25, 0.3) is 0 Å². The average Bonchev–Trinajstić information content (AvgIpc) is 2.87. The van der Waals surface area contributed by atoms with Crippen molar-refractivity contribution in [1.82, 2.24) is 20.3 Å². The van der Waals surface area contributed by atoms with Crippen LogP contribution in [0.1, 0.15) is 16.1 Å². The summed E-state index contributed by atoms with van der Waals surface area (Å²) in [4.78, 5) is 22.3. The lowest BCUT2D eigenvalue weighted by Crippen LogP contribution is -2.28. The predicted molar refractivity (Wildman–Crippen MR) is 71.8 cm³/mol. The van der Waals surface area contributed by atoms with Crippen LogP contribution in [-0.2, 0) is 17.8 Å². The Morgan fingerprint density at radius 3 is 2.81 bits per heavy atom. The van der Waals surface area contributed by atoms with Gasteiger partial charge < -0.3 is 15.5 Å². The zero-order valence-corrected chi connectivity index (χ0v) is 11.1. The minimum atomic E-state index is -1.14. The molecule has 0 saturated heterocycles. The molecule has 0 spiro atoms. The van der Waals surface area contributed by atoms with E-state index in [0.29, 0.717) is 18.7 Å². The van der Waals surface area contributed by atoms with Gasteiger partial charge in [-0.05, 0) is 17.7 Å². The van der Waals surface area contributed by atoms with Gasteiger partial charge in [0, 0.05) is 6.54 Å². The van der Waals surface area contributed by atoms with E-state index >= 15 is 0 Å². The summed E-state index contributed by atoms with van der Waals surface area (Å²) in [6.07, 6.45) is 1.45. The molecule has 0 saturated carbocycles. The van der Waals surface area contributed by atoms with E-state index in [9.17, 15) is 14.7 Å². The highest BCUT2D eigenvalue weighted by Crippen LogP contribution is 2.11. The second kappa shape index (κ2) is 6.51. The maximum atomic E-state index is 11.7. The topological polar surface area (TPSA) is 117 Å². The highest BCUT2D eigenvalue weighted by atomic mass is 16.4. The van der Waals surface area contributed by atoms with Crippen LogP contribution in [0.15, 0.2) is 30.5 Å². The summed E-state index contributed by atoms with van der Waals surface area (Å²) >= 11 is 0. The molecule has 0 atom stereocenters. The van der Waals surface area contributed by atoms with Crippen molar-refractivity contribution in [2.24, 2.45) is 0 Å². The number of carboxylic acids is 1. The fourth-order valence-corrected chi connectivity index (χ4v) is 1.73. The molecule has 0 fully saturated rings. The third-order valence-electron chi connectivity index (χ3n) is 2.70. The molecule has 2 rings (SSSR count). The highest BCUT2D eigenvalue weighted by Gasteiger charge is 2.08. The number of rotatable bonds is 6. The molecule has 8 nitrogen and oxygen atoms in total. The van der Waals surface area contributed by atoms with Gasteiger partial charge in [0.1, 0.15) is 5.75 Å². The lowest BCUT2D eigenvalue weighted by Gasteiger charge is -2.05. The molecule has 1 aromatic heterocycles. The molecule has 1 amide bonds. The van der Waals surface area contributed by atoms with Crippen LogP contribution in [-0.4, -0.2) is 43.6 Å². The number of phenols is 1. The van der Waals surface area contributed by atoms with Gasteiger partial charge in [-0.2, -0.15) is 0 Å². The van der Waals surface area contributed by atoms with Crippen molar-refractivity contribution in [3.63, 3.8) is 0 Å². The van der Waals surface area contributed by atoms with Crippen molar-refractivity contribution < 1.29 is 19.8 Å². The highest BCUT2D eigenvalue weighted by molar-refractivity contribution is 5.84. The van der Waals surface area contributed by atoms with Gasteiger partial charge in [-0.3, -0.25) is 4.79 Å². The lowest BCUT2D eigenvalue weighted by molar-refractivity contribution is -0.120. The predicted octanol–water partition coefficient (Wildman–Crippen LogP) is 0.0408. The Hall–Kier alpha value is -2.90. The minimum absolute atomic E-state index is 0.115. The Morgan fingerprint density at radius 1 is 1.33 bits per heavy atom. The Kier molecular flexibility index (Phi) is 4.50.